The second kappa shape index (κ2) is 6.85. The molecule has 1 unspecified atom stereocenters. The van der Waals surface area contributed by atoms with Gasteiger partial charge in [0.1, 0.15) is 17.6 Å². The van der Waals surface area contributed by atoms with Crippen LogP contribution in [-0.2, 0) is 11.3 Å². The van der Waals surface area contributed by atoms with Gasteiger partial charge in [0, 0.05) is 25.0 Å². The number of benzene rings is 1. The molecule has 1 aliphatic rings. The summed E-state index contributed by atoms with van der Waals surface area (Å²) < 4.78 is 6.95. The molecule has 7 nitrogen and oxygen atoms in total. The number of furan rings is 1. The van der Waals surface area contributed by atoms with Gasteiger partial charge in [-0.2, -0.15) is 0 Å². The molecule has 1 amide bonds. The zero-order chi connectivity index (χ0) is 16.7. The molecule has 132 valence electrons. The lowest BCUT2D eigenvalue weighted by molar-refractivity contribution is -0.132. The molecule has 1 aliphatic heterocycles. The van der Waals surface area contributed by atoms with Crippen molar-refractivity contribution < 1.29 is 9.21 Å². The second-order valence-electron chi connectivity index (χ2n) is 6.10. The Balaban J connectivity index is 0.00000182. The summed E-state index contributed by atoms with van der Waals surface area (Å²) in [5.41, 5.74) is 1.02. The lowest BCUT2D eigenvalue weighted by Crippen LogP contribution is -2.41. The normalized spacial score (nSPS) is 16.9. The summed E-state index contributed by atoms with van der Waals surface area (Å²) in [4.78, 5) is 31.1. The number of likely N-dealkylation sites (N-methyl/N-ethyl adjacent to an activating group) is 1. The van der Waals surface area contributed by atoms with Crippen molar-refractivity contribution in [2.24, 2.45) is 0 Å². The van der Waals surface area contributed by atoms with E-state index in [-0.39, 0.29) is 42.0 Å². The lowest BCUT2D eigenvalue weighted by Gasteiger charge is -2.23. The van der Waals surface area contributed by atoms with Gasteiger partial charge in [0.15, 0.2) is 0 Å². The first-order chi connectivity index (χ1) is 11.6. The number of fused-ring (bicyclic) bond motifs is 3. The zero-order valence-electron chi connectivity index (χ0n) is 13.8. The fourth-order valence-corrected chi connectivity index (χ4v) is 3.16. The van der Waals surface area contributed by atoms with Crippen molar-refractivity contribution in [2.45, 2.75) is 19.0 Å². The zero-order valence-corrected chi connectivity index (χ0v) is 14.6. The van der Waals surface area contributed by atoms with Gasteiger partial charge in [0.05, 0.1) is 6.33 Å². The first-order valence-electron chi connectivity index (χ1n) is 7.98. The van der Waals surface area contributed by atoms with Gasteiger partial charge >= 0.3 is 0 Å². The maximum absolute atomic E-state index is 12.6. The van der Waals surface area contributed by atoms with Gasteiger partial charge in [-0.15, -0.1) is 12.4 Å². The molecule has 0 radical (unpaired) electrons. The Kier molecular flexibility index (Phi) is 4.78. The third-order valence-corrected chi connectivity index (χ3v) is 4.63. The third kappa shape index (κ3) is 3.01. The smallest absolute Gasteiger partial charge is 0.297 e. The SMILES string of the molecule is CN(C(=O)Cn1cnc2c(oc3ccccc32)c1=O)C1CCNC1.Cl. The summed E-state index contributed by atoms with van der Waals surface area (Å²) in [6, 6.07) is 7.56. The van der Waals surface area contributed by atoms with E-state index in [4.69, 9.17) is 4.42 Å². The van der Waals surface area contributed by atoms with Gasteiger partial charge in [-0.05, 0) is 25.1 Å². The fraction of sp³-hybridized carbons (Fsp3) is 0.353. The molecule has 1 N–H and O–H groups in total. The van der Waals surface area contributed by atoms with Crippen molar-refractivity contribution in [1.29, 1.82) is 0 Å². The Morgan fingerprint density at radius 3 is 3.00 bits per heavy atom. The van der Waals surface area contributed by atoms with E-state index in [1.54, 1.807) is 18.0 Å². The monoisotopic (exact) mass is 362 g/mol. The van der Waals surface area contributed by atoms with Crippen LogP contribution in [0.3, 0.4) is 0 Å². The van der Waals surface area contributed by atoms with Crippen molar-refractivity contribution in [3.8, 4) is 0 Å². The molecule has 0 aliphatic carbocycles. The molecule has 25 heavy (non-hydrogen) atoms. The molecule has 1 aromatic carbocycles. The summed E-state index contributed by atoms with van der Waals surface area (Å²) >= 11 is 0. The molecule has 2 aromatic heterocycles. The Bertz CT molecular complexity index is 975. The van der Waals surface area contributed by atoms with Crippen LogP contribution < -0.4 is 10.9 Å². The molecule has 1 fully saturated rings. The molecule has 3 heterocycles. The molecular weight excluding hydrogens is 344 g/mol. The highest BCUT2D eigenvalue weighted by Crippen LogP contribution is 2.24. The highest BCUT2D eigenvalue weighted by atomic mass is 35.5. The topological polar surface area (TPSA) is 80.4 Å². The summed E-state index contributed by atoms with van der Waals surface area (Å²) in [6.45, 7) is 1.67. The first kappa shape index (κ1) is 17.4. The van der Waals surface area contributed by atoms with Crippen molar-refractivity contribution in [1.82, 2.24) is 19.8 Å². The number of hydrogen-bond acceptors (Lipinski definition) is 5. The van der Waals surface area contributed by atoms with E-state index in [0.717, 1.165) is 24.9 Å². The van der Waals surface area contributed by atoms with Gasteiger partial charge in [0.25, 0.3) is 5.56 Å². The number of para-hydroxylation sites is 1. The Morgan fingerprint density at radius 2 is 2.24 bits per heavy atom. The molecule has 0 bridgehead atoms. The van der Waals surface area contributed by atoms with Gasteiger partial charge in [-0.3, -0.25) is 14.2 Å². The molecule has 3 aromatic rings. The van der Waals surface area contributed by atoms with E-state index in [1.165, 1.54) is 10.9 Å². The molecule has 1 saturated heterocycles. The van der Waals surface area contributed by atoms with E-state index >= 15 is 0 Å². The summed E-state index contributed by atoms with van der Waals surface area (Å²) in [5.74, 6) is -0.108. The predicted molar refractivity (Wildman–Crippen MR) is 97.1 cm³/mol. The maximum Gasteiger partial charge on any atom is 0.297 e. The molecule has 1 atom stereocenters. The van der Waals surface area contributed by atoms with Crippen LogP contribution in [0.2, 0.25) is 0 Å². The Labute approximate surface area is 150 Å². The van der Waals surface area contributed by atoms with Gasteiger partial charge in [-0.25, -0.2) is 4.98 Å². The second-order valence-corrected chi connectivity index (χ2v) is 6.10. The number of rotatable bonds is 3. The predicted octanol–water partition coefficient (Wildman–Crippen LogP) is 1.38. The molecule has 0 saturated carbocycles. The van der Waals surface area contributed by atoms with Crippen LogP contribution in [0.1, 0.15) is 6.42 Å². The maximum atomic E-state index is 12.6. The molecule has 0 spiro atoms. The third-order valence-electron chi connectivity index (χ3n) is 4.63. The largest absolute Gasteiger partial charge is 0.448 e. The number of amides is 1. The number of halogens is 1. The number of aromatic nitrogens is 2. The van der Waals surface area contributed by atoms with E-state index in [1.807, 2.05) is 18.2 Å². The van der Waals surface area contributed by atoms with Crippen LogP contribution in [-0.4, -0.2) is 46.5 Å². The number of carbonyl (C=O) groups is 1. The van der Waals surface area contributed by atoms with Gasteiger partial charge < -0.3 is 14.6 Å². The van der Waals surface area contributed by atoms with Crippen LogP contribution in [0.5, 0.6) is 0 Å². The highest BCUT2D eigenvalue weighted by molar-refractivity contribution is 6.01. The number of nitrogens with zero attached hydrogens (tertiary/aromatic N) is 3. The minimum absolute atomic E-state index is 0. The lowest BCUT2D eigenvalue weighted by atomic mass is 10.2. The van der Waals surface area contributed by atoms with E-state index in [2.05, 4.69) is 10.3 Å². The van der Waals surface area contributed by atoms with Crippen molar-refractivity contribution in [3.63, 3.8) is 0 Å². The van der Waals surface area contributed by atoms with E-state index < -0.39 is 0 Å². The van der Waals surface area contributed by atoms with E-state index in [9.17, 15) is 9.59 Å². The van der Waals surface area contributed by atoms with Crippen molar-refractivity contribution in [2.75, 3.05) is 20.1 Å². The standard InChI is InChI=1S/C17H18N4O3.ClH/c1-20(11-6-7-18-8-11)14(22)9-21-10-19-15-12-4-2-3-5-13(12)24-16(15)17(21)23;/h2-5,10-11,18H,6-9H2,1H3;1H. The van der Waals surface area contributed by atoms with Crippen LogP contribution in [0.15, 0.2) is 39.8 Å². The fourth-order valence-electron chi connectivity index (χ4n) is 3.16. The molecule has 8 heteroatoms. The van der Waals surface area contributed by atoms with Crippen molar-refractivity contribution >= 4 is 40.4 Å². The number of nitrogens with one attached hydrogen (secondary N) is 1. The molecule has 4 rings (SSSR count). The quantitative estimate of drug-likeness (QED) is 0.761. The van der Waals surface area contributed by atoms with Crippen LogP contribution >= 0.6 is 12.4 Å². The minimum atomic E-state index is -0.331. The van der Waals surface area contributed by atoms with E-state index in [0.29, 0.717) is 11.1 Å². The first-order valence-corrected chi connectivity index (χ1v) is 7.98. The average molecular weight is 363 g/mol. The van der Waals surface area contributed by atoms with Gasteiger partial charge in [0.2, 0.25) is 11.5 Å². The minimum Gasteiger partial charge on any atom is -0.448 e. The van der Waals surface area contributed by atoms with Crippen molar-refractivity contribution in [3.05, 3.63) is 40.9 Å². The Hall–Kier alpha value is -2.38. The Morgan fingerprint density at radius 1 is 1.44 bits per heavy atom. The average Bonchev–Trinajstić information content (AvgIpc) is 3.24. The number of hydrogen-bond donors (Lipinski definition) is 1. The van der Waals surface area contributed by atoms with Gasteiger partial charge in [-0.1, -0.05) is 12.1 Å². The summed E-state index contributed by atoms with van der Waals surface area (Å²) in [7, 11) is 1.78. The summed E-state index contributed by atoms with van der Waals surface area (Å²) in [6.07, 6.45) is 2.35. The van der Waals surface area contributed by atoms with Crippen LogP contribution in [0.4, 0.5) is 0 Å². The summed E-state index contributed by atoms with van der Waals surface area (Å²) in [5, 5.41) is 4.04. The molecular formula is C17H19ClN4O3. The highest BCUT2D eigenvalue weighted by Gasteiger charge is 2.24. The van der Waals surface area contributed by atoms with Crippen LogP contribution in [0.25, 0.3) is 22.1 Å². The number of carbonyl (C=O) groups excluding carboxylic acids is 1. The van der Waals surface area contributed by atoms with Crippen LogP contribution in [0, 0.1) is 0 Å².